The molecule has 0 N–H and O–H groups in total. The standard InChI is InChI=1S/C28H27N5O/c1-22-10-12-23(13-11-22)28-24(21-33(30-28)25-7-3-2-4-8-25)14-15-27(34)32-19-17-31(18-20-32)26-9-5-6-16-29-26/h2-16,21H,17-20H2,1H3. The summed E-state index contributed by atoms with van der Waals surface area (Å²) in [6, 6.07) is 24.2. The van der Waals surface area contributed by atoms with Crippen molar-refractivity contribution in [2.24, 2.45) is 0 Å². The average molecular weight is 450 g/mol. The molecule has 5 rings (SSSR count). The van der Waals surface area contributed by atoms with Gasteiger partial charge in [-0.15, -0.1) is 0 Å². The molecule has 3 heterocycles. The first kappa shape index (κ1) is 21.6. The van der Waals surface area contributed by atoms with Crippen LogP contribution in [0.5, 0.6) is 0 Å². The molecule has 4 aromatic rings. The molecule has 1 aliphatic rings. The summed E-state index contributed by atoms with van der Waals surface area (Å²) >= 11 is 0. The van der Waals surface area contributed by atoms with Gasteiger partial charge in [0.2, 0.25) is 5.91 Å². The number of hydrogen-bond donors (Lipinski definition) is 0. The summed E-state index contributed by atoms with van der Waals surface area (Å²) in [6.45, 7) is 4.97. The van der Waals surface area contributed by atoms with E-state index >= 15 is 0 Å². The average Bonchev–Trinajstić information content (AvgIpc) is 3.33. The zero-order chi connectivity index (χ0) is 23.3. The first-order valence-corrected chi connectivity index (χ1v) is 11.5. The predicted octanol–water partition coefficient (Wildman–Crippen LogP) is 4.60. The molecule has 34 heavy (non-hydrogen) atoms. The topological polar surface area (TPSA) is 54.3 Å². The van der Waals surface area contributed by atoms with Crippen LogP contribution in [-0.2, 0) is 4.79 Å². The Morgan fingerprint density at radius 3 is 2.32 bits per heavy atom. The van der Waals surface area contributed by atoms with Gasteiger partial charge in [0.25, 0.3) is 0 Å². The third-order valence-electron chi connectivity index (χ3n) is 6.06. The van der Waals surface area contributed by atoms with E-state index in [1.54, 1.807) is 12.3 Å². The van der Waals surface area contributed by atoms with Gasteiger partial charge in [-0.25, -0.2) is 9.67 Å². The molecular formula is C28H27N5O. The van der Waals surface area contributed by atoms with Crippen LogP contribution in [0.15, 0.2) is 91.3 Å². The van der Waals surface area contributed by atoms with Crippen LogP contribution in [0, 0.1) is 6.92 Å². The predicted molar refractivity (Wildman–Crippen MR) is 136 cm³/mol. The smallest absolute Gasteiger partial charge is 0.246 e. The van der Waals surface area contributed by atoms with Crippen LogP contribution in [0.4, 0.5) is 5.82 Å². The fourth-order valence-electron chi connectivity index (χ4n) is 4.12. The maximum atomic E-state index is 13.0. The van der Waals surface area contributed by atoms with E-state index in [0.717, 1.165) is 41.4 Å². The monoisotopic (exact) mass is 449 g/mol. The van der Waals surface area contributed by atoms with Gasteiger partial charge in [-0.05, 0) is 37.3 Å². The van der Waals surface area contributed by atoms with Crippen molar-refractivity contribution in [1.82, 2.24) is 19.7 Å². The highest BCUT2D eigenvalue weighted by Crippen LogP contribution is 2.25. The third kappa shape index (κ3) is 4.76. The van der Waals surface area contributed by atoms with Gasteiger partial charge in [0.1, 0.15) is 5.82 Å². The van der Waals surface area contributed by atoms with Crippen molar-refractivity contribution in [3.63, 3.8) is 0 Å². The normalized spacial score (nSPS) is 14.0. The lowest BCUT2D eigenvalue weighted by atomic mass is 10.1. The Bertz CT molecular complexity index is 1270. The van der Waals surface area contributed by atoms with Gasteiger partial charge in [-0.2, -0.15) is 5.10 Å². The Balaban J connectivity index is 1.34. The summed E-state index contributed by atoms with van der Waals surface area (Å²) in [5, 5.41) is 4.84. The number of carbonyl (C=O) groups is 1. The van der Waals surface area contributed by atoms with Crippen molar-refractivity contribution in [3.05, 3.63) is 102 Å². The number of amides is 1. The highest BCUT2D eigenvalue weighted by atomic mass is 16.2. The summed E-state index contributed by atoms with van der Waals surface area (Å²) in [7, 11) is 0. The van der Waals surface area contributed by atoms with Gasteiger partial charge in [0.05, 0.1) is 11.4 Å². The van der Waals surface area contributed by atoms with Gasteiger partial charge < -0.3 is 9.80 Å². The zero-order valence-corrected chi connectivity index (χ0v) is 19.2. The highest BCUT2D eigenvalue weighted by molar-refractivity contribution is 5.93. The number of hydrogen-bond acceptors (Lipinski definition) is 4. The molecule has 0 bridgehead atoms. The van der Waals surface area contributed by atoms with Crippen molar-refractivity contribution in [2.45, 2.75) is 6.92 Å². The minimum absolute atomic E-state index is 0.0167. The molecule has 2 aromatic heterocycles. The first-order chi connectivity index (χ1) is 16.7. The second-order valence-electron chi connectivity index (χ2n) is 8.41. The van der Waals surface area contributed by atoms with E-state index in [4.69, 9.17) is 5.10 Å². The summed E-state index contributed by atoms with van der Waals surface area (Å²) < 4.78 is 1.87. The fraction of sp³-hybridized carbons (Fsp3) is 0.179. The van der Waals surface area contributed by atoms with E-state index in [9.17, 15) is 4.79 Å². The Morgan fingerprint density at radius 2 is 1.62 bits per heavy atom. The van der Waals surface area contributed by atoms with Crippen LogP contribution in [-0.4, -0.2) is 51.8 Å². The molecule has 0 unspecified atom stereocenters. The lowest BCUT2D eigenvalue weighted by molar-refractivity contribution is -0.126. The summed E-state index contributed by atoms with van der Waals surface area (Å²) in [5.41, 5.74) is 4.97. The van der Waals surface area contributed by atoms with Gasteiger partial charge in [0.15, 0.2) is 0 Å². The second-order valence-corrected chi connectivity index (χ2v) is 8.41. The maximum absolute atomic E-state index is 13.0. The van der Waals surface area contributed by atoms with E-state index in [-0.39, 0.29) is 5.91 Å². The number of pyridine rings is 1. The molecule has 0 atom stereocenters. The molecule has 6 nitrogen and oxygen atoms in total. The molecule has 6 heteroatoms. The Hall–Kier alpha value is -4.19. The summed E-state index contributed by atoms with van der Waals surface area (Å²) in [4.78, 5) is 21.5. The molecular weight excluding hydrogens is 422 g/mol. The molecule has 0 radical (unpaired) electrons. The van der Waals surface area contributed by atoms with Crippen molar-refractivity contribution in [1.29, 1.82) is 0 Å². The van der Waals surface area contributed by atoms with E-state index in [0.29, 0.717) is 13.1 Å². The Labute approximate surface area is 199 Å². The number of anilines is 1. The van der Waals surface area contributed by atoms with Crippen LogP contribution in [0.25, 0.3) is 23.0 Å². The number of aromatic nitrogens is 3. The summed E-state index contributed by atoms with van der Waals surface area (Å²) in [6.07, 6.45) is 7.33. The second kappa shape index (κ2) is 9.75. The number of piperazine rings is 1. The van der Waals surface area contributed by atoms with Crippen LogP contribution in [0.1, 0.15) is 11.1 Å². The maximum Gasteiger partial charge on any atom is 0.246 e. The van der Waals surface area contributed by atoms with Crippen LogP contribution in [0.2, 0.25) is 0 Å². The molecule has 1 amide bonds. The molecule has 2 aromatic carbocycles. The van der Waals surface area contributed by atoms with E-state index < -0.39 is 0 Å². The van der Waals surface area contributed by atoms with Gasteiger partial charge >= 0.3 is 0 Å². The first-order valence-electron chi connectivity index (χ1n) is 11.5. The number of carbonyl (C=O) groups excluding carboxylic acids is 1. The number of aryl methyl sites for hydroxylation is 1. The minimum Gasteiger partial charge on any atom is -0.353 e. The zero-order valence-electron chi connectivity index (χ0n) is 19.2. The van der Waals surface area contributed by atoms with Crippen LogP contribution < -0.4 is 4.90 Å². The molecule has 1 aliphatic heterocycles. The molecule has 0 spiro atoms. The number of para-hydroxylation sites is 1. The molecule has 170 valence electrons. The Kier molecular flexibility index (Phi) is 6.21. The van der Waals surface area contributed by atoms with E-state index in [1.165, 1.54) is 5.56 Å². The van der Waals surface area contributed by atoms with Crippen LogP contribution in [0.3, 0.4) is 0 Å². The molecule has 0 saturated carbocycles. The van der Waals surface area contributed by atoms with Crippen molar-refractivity contribution in [3.8, 4) is 16.9 Å². The molecule has 0 aliphatic carbocycles. The lowest BCUT2D eigenvalue weighted by Gasteiger charge is -2.34. The van der Waals surface area contributed by atoms with Gasteiger partial charge in [0, 0.05) is 55.8 Å². The van der Waals surface area contributed by atoms with Gasteiger partial charge in [-0.1, -0.05) is 54.1 Å². The molecule has 1 saturated heterocycles. The summed E-state index contributed by atoms with van der Waals surface area (Å²) in [5.74, 6) is 0.976. The SMILES string of the molecule is Cc1ccc(-c2nn(-c3ccccc3)cc2C=CC(=O)N2CCN(c3ccccn3)CC2)cc1. The third-order valence-corrected chi connectivity index (χ3v) is 6.06. The fourth-order valence-corrected chi connectivity index (χ4v) is 4.12. The number of nitrogens with zero attached hydrogens (tertiary/aromatic N) is 5. The molecule has 1 fully saturated rings. The highest BCUT2D eigenvalue weighted by Gasteiger charge is 2.20. The minimum atomic E-state index is 0.0167. The Morgan fingerprint density at radius 1 is 0.882 bits per heavy atom. The van der Waals surface area contributed by atoms with Crippen molar-refractivity contribution in [2.75, 3.05) is 31.1 Å². The van der Waals surface area contributed by atoms with E-state index in [2.05, 4.69) is 41.1 Å². The lowest BCUT2D eigenvalue weighted by Crippen LogP contribution is -2.48. The largest absolute Gasteiger partial charge is 0.353 e. The van der Waals surface area contributed by atoms with Crippen molar-refractivity contribution < 1.29 is 4.79 Å². The quantitative estimate of drug-likeness (QED) is 0.418. The van der Waals surface area contributed by atoms with E-state index in [1.807, 2.05) is 70.4 Å². The van der Waals surface area contributed by atoms with Crippen LogP contribution >= 0.6 is 0 Å². The number of benzene rings is 2. The van der Waals surface area contributed by atoms with Gasteiger partial charge in [-0.3, -0.25) is 4.79 Å². The number of rotatable bonds is 5. The van der Waals surface area contributed by atoms with Crippen molar-refractivity contribution >= 4 is 17.8 Å².